The van der Waals surface area contributed by atoms with Crippen molar-refractivity contribution < 1.29 is 23.2 Å². The number of nitrogens with zero attached hydrogens (tertiary/aromatic N) is 1. The number of nitrogens with one attached hydrogen (secondary N) is 1. The molecular formula is C20H17FN2O4. The van der Waals surface area contributed by atoms with E-state index in [9.17, 15) is 9.18 Å². The number of benzene rings is 2. The number of ether oxygens (including phenoxy) is 2. The van der Waals surface area contributed by atoms with Crippen LogP contribution in [-0.4, -0.2) is 24.3 Å². The van der Waals surface area contributed by atoms with Crippen molar-refractivity contribution in [3.63, 3.8) is 0 Å². The number of carbonyl (C=O) groups excluding carboxylic acids is 1. The van der Waals surface area contributed by atoms with Crippen LogP contribution in [-0.2, 0) is 17.8 Å². The summed E-state index contributed by atoms with van der Waals surface area (Å²) in [5, 5.41) is 6.73. The molecule has 0 atom stereocenters. The minimum absolute atomic E-state index is 0.0925. The zero-order valence-electron chi connectivity index (χ0n) is 14.4. The van der Waals surface area contributed by atoms with Gasteiger partial charge >= 0.3 is 0 Å². The predicted molar refractivity (Wildman–Crippen MR) is 94.9 cm³/mol. The van der Waals surface area contributed by atoms with Gasteiger partial charge in [-0.25, -0.2) is 4.39 Å². The molecular weight excluding hydrogens is 351 g/mol. The first-order chi connectivity index (χ1) is 13.2. The van der Waals surface area contributed by atoms with Crippen molar-refractivity contribution in [2.45, 2.75) is 13.0 Å². The molecule has 138 valence electrons. The van der Waals surface area contributed by atoms with Gasteiger partial charge < -0.3 is 19.3 Å². The van der Waals surface area contributed by atoms with Gasteiger partial charge in [0.2, 0.25) is 5.91 Å². The third-order valence-electron chi connectivity index (χ3n) is 4.13. The summed E-state index contributed by atoms with van der Waals surface area (Å²) in [6.45, 7) is 1.37. The summed E-state index contributed by atoms with van der Waals surface area (Å²) in [5.74, 6) is 1.41. The van der Waals surface area contributed by atoms with Gasteiger partial charge in [0.15, 0.2) is 17.3 Å². The maximum atomic E-state index is 12.9. The molecule has 0 bridgehead atoms. The molecule has 7 heteroatoms. The van der Waals surface area contributed by atoms with Crippen LogP contribution in [0.25, 0.3) is 11.3 Å². The largest absolute Gasteiger partial charge is 0.486 e. The van der Waals surface area contributed by atoms with Crippen molar-refractivity contribution in [2.75, 3.05) is 13.2 Å². The Balaban J connectivity index is 1.37. The van der Waals surface area contributed by atoms with Crippen LogP contribution in [0.15, 0.2) is 53.1 Å². The van der Waals surface area contributed by atoms with Gasteiger partial charge in [0.05, 0.1) is 12.1 Å². The second kappa shape index (κ2) is 7.49. The molecule has 0 unspecified atom stereocenters. The summed E-state index contributed by atoms with van der Waals surface area (Å²) in [7, 11) is 0. The highest BCUT2D eigenvalue weighted by Gasteiger charge is 2.15. The third kappa shape index (κ3) is 4.08. The number of aromatic nitrogens is 1. The Morgan fingerprint density at radius 3 is 2.63 bits per heavy atom. The SMILES string of the molecule is O=C(Cc1cc(-c2ccc3c(c2)OCCO3)on1)NCc1ccc(F)cc1. The van der Waals surface area contributed by atoms with E-state index in [4.69, 9.17) is 14.0 Å². The van der Waals surface area contributed by atoms with Gasteiger partial charge in [-0.3, -0.25) is 4.79 Å². The highest BCUT2D eigenvalue weighted by atomic mass is 19.1. The number of amides is 1. The Hall–Kier alpha value is -3.35. The number of fused-ring (bicyclic) bond motifs is 1. The molecule has 0 radical (unpaired) electrons. The maximum absolute atomic E-state index is 12.9. The zero-order valence-corrected chi connectivity index (χ0v) is 14.4. The average molecular weight is 368 g/mol. The number of hydrogen-bond acceptors (Lipinski definition) is 5. The van der Waals surface area contributed by atoms with Gasteiger partial charge in [0.1, 0.15) is 19.0 Å². The van der Waals surface area contributed by atoms with E-state index in [1.165, 1.54) is 12.1 Å². The van der Waals surface area contributed by atoms with Crippen LogP contribution in [0.2, 0.25) is 0 Å². The molecule has 0 saturated carbocycles. The van der Waals surface area contributed by atoms with Gasteiger partial charge in [-0.15, -0.1) is 0 Å². The minimum Gasteiger partial charge on any atom is -0.486 e. The van der Waals surface area contributed by atoms with Crippen molar-refractivity contribution in [3.05, 3.63) is 65.6 Å². The molecule has 2 heterocycles. The summed E-state index contributed by atoms with van der Waals surface area (Å²) in [5.41, 5.74) is 2.14. The van der Waals surface area contributed by atoms with Crippen molar-refractivity contribution in [3.8, 4) is 22.8 Å². The summed E-state index contributed by atoms with van der Waals surface area (Å²) < 4.78 is 29.3. The molecule has 0 saturated heterocycles. The summed E-state index contributed by atoms with van der Waals surface area (Å²) in [6.07, 6.45) is 0.0925. The molecule has 27 heavy (non-hydrogen) atoms. The van der Waals surface area contributed by atoms with Gasteiger partial charge in [0, 0.05) is 18.2 Å². The van der Waals surface area contributed by atoms with E-state index < -0.39 is 0 Å². The number of rotatable bonds is 5. The van der Waals surface area contributed by atoms with E-state index >= 15 is 0 Å². The van der Waals surface area contributed by atoms with E-state index in [1.807, 2.05) is 18.2 Å². The number of carbonyl (C=O) groups is 1. The molecule has 1 N–H and O–H groups in total. The Labute approximate surface area is 154 Å². The zero-order chi connectivity index (χ0) is 18.6. The Morgan fingerprint density at radius 2 is 1.81 bits per heavy atom. The molecule has 0 spiro atoms. The average Bonchev–Trinajstić information content (AvgIpc) is 3.15. The first-order valence-electron chi connectivity index (χ1n) is 8.54. The molecule has 6 nitrogen and oxygen atoms in total. The van der Waals surface area contributed by atoms with Crippen LogP contribution in [0.1, 0.15) is 11.3 Å². The quantitative estimate of drug-likeness (QED) is 0.749. The summed E-state index contributed by atoms with van der Waals surface area (Å²) in [6, 6.07) is 13.2. The molecule has 1 aliphatic heterocycles. The van der Waals surface area contributed by atoms with Crippen LogP contribution in [0.3, 0.4) is 0 Å². The second-order valence-corrected chi connectivity index (χ2v) is 6.12. The predicted octanol–water partition coefficient (Wildman–Crippen LogP) is 3.11. The van der Waals surface area contributed by atoms with E-state index in [0.717, 1.165) is 11.1 Å². The van der Waals surface area contributed by atoms with Crippen molar-refractivity contribution >= 4 is 5.91 Å². The molecule has 4 rings (SSSR count). The van der Waals surface area contributed by atoms with Crippen molar-refractivity contribution in [2.24, 2.45) is 0 Å². The van der Waals surface area contributed by atoms with E-state index in [1.54, 1.807) is 18.2 Å². The van der Waals surface area contributed by atoms with Crippen LogP contribution in [0.5, 0.6) is 11.5 Å². The highest BCUT2D eigenvalue weighted by molar-refractivity contribution is 5.78. The number of halogens is 1. The maximum Gasteiger partial charge on any atom is 0.226 e. The molecule has 1 aromatic heterocycles. The molecule has 2 aromatic carbocycles. The van der Waals surface area contributed by atoms with Crippen LogP contribution in [0.4, 0.5) is 4.39 Å². The Kier molecular flexibility index (Phi) is 4.74. The lowest BCUT2D eigenvalue weighted by Gasteiger charge is -2.18. The topological polar surface area (TPSA) is 73.6 Å². The molecule has 1 aliphatic rings. The lowest BCUT2D eigenvalue weighted by molar-refractivity contribution is -0.120. The third-order valence-corrected chi connectivity index (χ3v) is 4.13. The Bertz CT molecular complexity index is 953. The second-order valence-electron chi connectivity index (χ2n) is 6.12. The monoisotopic (exact) mass is 368 g/mol. The Morgan fingerprint density at radius 1 is 1.04 bits per heavy atom. The molecule has 1 amide bonds. The van der Waals surface area contributed by atoms with E-state index in [-0.39, 0.29) is 18.1 Å². The first kappa shape index (κ1) is 17.1. The number of hydrogen-bond donors (Lipinski definition) is 1. The van der Waals surface area contributed by atoms with Crippen LogP contribution < -0.4 is 14.8 Å². The van der Waals surface area contributed by atoms with Gasteiger partial charge in [-0.05, 0) is 35.9 Å². The van der Waals surface area contributed by atoms with Crippen molar-refractivity contribution in [1.82, 2.24) is 10.5 Å². The molecule has 3 aromatic rings. The molecule has 0 aliphatic carbocycles. The fourth-order valence-electron chi connectivity index (χ4n) is 2.76. The highest BCUT2D eigenvalue weighted by Crippen LogP contribution is 2.34. The van der Waals surface area contributed by atoms with Gasteiger partial charge in [-0.1, -0.05) is 17.3 Å². The van der Waals surface area contributed by atoms with Crippen LogP contribution >= 0.6 is 0 Å². The lowest BCUT2D eigenvalue weighted by atomic mass is 10.1. The fraction of sp³-hybridized carbons (Fsp3) is 0.200. The minimum atomic E-state index is -0.306. The lowest BCUT2D eigenvalue weighted by Crippen LogP contribution is -2.24. The van der Waals surface area contributed by atoms with Crippen molar-refractivity contribution in [1.29, 1.82) is 0 Å². The first-order valence-corrected chi connectivity index (χ1v) is 8.54. The van der Waals surface area contributed by atoms with Crippen LogP contribution in [0, 0.1) is 5.82 Å². The fourth-order valence-corrected chi connectivity index (χ4v) is 2.76. The normalized spacial score (nSPS) is 12.6. The standard InChI is InChI=1S/C20H17FN2O4/c21-15-4-1-13(2-5-15)12-22-20(24)11-16-10-18(27-23-16)14-3-6-17-19(9-14)26-8-7-25-17/h1-6,9-10H,7-8,11-12H2,(H,22,24). The van der Waals surface area contributed by atoms with E-state index in [2.05, 4.69) is 10.5 Å². The van der Waals surface area contributed by atoms with Gasteiger partial charge in [0.25, 0.3) is 0 Å². The summed E-state index contributed by atoms with van der Waals surface area (Å²) in [4.78, 5) is 12.1. The summed E-state index contributed by atoms with van der Waals surface area (Å²) >= 11 is 0. The van der Waals surface area contributed by atoms with E-state index in [0.29, 0.717) is 42.7 Å². The smallest absolute Gasteiger partial charge is 0.226 e. The molecule has 0 fully saturated rings. The van der Waals surface area contributed by atoms with Gasteiger partial charge in [-0.2, -0.15) is 0 Å².